The molecule has 0 aliphatic carbocycles. The number of ether oxygens (including phenoxy) is 4. The Balaban J connectivity index is 2.20. The Morgan fingerprint density at radius 1 is 1.08 bits per heavy atom. The molecule has 0 radical (unpaired) electrons. The van der Waals surface area contributed by atoms with Crippen LogP contribution >= 0.6 is 0 Å². The Labute approximate surface area is 149 Å². The largest absolute Gasteiger partial charge is 0.497 e. The van der Waals surface area contributed by atoms with Crippen molar-refractivity contribution < 1.29 is 28.2 Å². The lowest BCUT2D eigenvalue weighted by atomic mass is 9.98. The first-order valence-corrected chi connectivity index (χ1v) is 7.85. The highest BCUT2D eigenvalue weighted by Crippen LogP contribution is 2.43. The van der Waals surface area contributed by atoms with Crippen LogP contribution in [0.4, 0.5) is 0 Å². The quantitative estimate of drug-likeness (QED) is 0.760. The SMILES string of the molecule is CC=Cc1occ(C2OC(=O)c3cc(OC)cc(OC)c32)c(=O)c1OC. The van der Waals surface area contributed by atoms with E-state index >= 15 is 0 Å². The maximum absolute atomic E-state index is 12.8. The maximum Gasteiger partial charge on any atom is 0.339 e. The summed E-state index contributed by atoms with van der Waals surface area (Å²) in [5.41, 5.74) is 0.453. The van der Waals surface area contributed by atoms with Gasteiger partial charge in [-0.25, -0.2) is 4.79 Å². The number of cyclic esters (lactones) is 1. The van der Waals surface area contributed by atoms with Crippen molar-refractivity contribution in [1.82, 2.24) is 0 Å². The first kappa shape index (κ1) is 17.6. The van der Waals surface area contributed by atoms with Crippen LogP contribution in [0.2, 0.25) is 0 Å². The van der Waals surface area contributed by atoms with Gasteiger partial charge in [0.2, 0.25) is 11.2 Å². The minimum atomic E-state index is -0.955. The number of carbonyl (C=O) groups excluding carboxylic acids is 1. The summed E-state index contributed by atoms with van der Waals surface area (Å²) in [6.45, 7) is 1.79. The van der Waals surface area contributed by atoms with E-state index < -0.39 is 17.5 Å². The fourth-order valence-corrected chi connectivity index (χ4v) is 2.89. The number of hydrogen-bond acceptors (Lipinski definition) is 7. The van der Waals surface area contributed by atoms with E-state index in [9.17, 15) is 9.59 Å². The number of esters is 1. The van der Waals surface area contributed by atoms with Crippen molar-refractivity contribution in [3.05, 3.63) is 57.1 Å². The van der Waals surface area contributed by atoms with Crippen LogP contribution in [0.5, 0.6) is 17.2 Å². The summed E-state index contributed by atoms with van der Waals surface area (Å²) in [6, 6.07) is 3.17. The van der Waals surface area contributed by atoms with E-state index in [-0.39, 0.29) is 22.6 Å². The van der Waals surface area contributed by atoms with Gasteiger partial charge in [0.25, 0.3) is 0 Å². The molecule has 136 valence electrons. The molecule has 0 saturated heterocycles. The van der Waals surface area contributed by atoms with Crippen LogP contribution in [0.1, 0.15) is 40.3 Å². The normalized spacial score (nSPS) is 15.7. The van der Waals surface area contributed by atoms with E-state index in [1.165, 1.54) is 27.6 Å². The van der Waals surface area contributed by atoms with Crippen molar-refractivity contribution in [2.75, 3.05) is 21.3 Å². The van der Waals surface area contributed by atoms with Crippen molar-refractivity contribution in [2.45, 2.75) is 13.0 Å². The molecule has 0 spiro atoms. The molecule has 7 heteroatoms. The second kappa shape index (κ2) is 6.95. The fourth-order valence-electron chi connectivity index (χ4n) is 2.89. The lowest BCUT2D eigenvalue weighted by Crippen LogP contribution is -2.17. The van der Waals surface area contributed by atoms with Gasteiger partial charge in [0.1, 0.15) is 17.8 Å². The van der Waals surface area contributed by atoms with Gasteiger partial charge in [0.05, 0.1) is 38.0 Å². The van der Waals surface area contributed by atoms with Gasteiger partial charge in [-0.05, 0) is 19.1 Å². The molecule has 1 atom stereocenters. The summed E-state index contributed by atoms with van der Waals surface area (Å²) >= 11 is 0. The van der Waals surface area contributed by atoms with Crippen LogP contribution in [-0.4, -0.2) is 27.3 Å². The van der Waals surface area contributed by atoms with Crippen LogP contribution in [0.3, 0.4) is 0 Å². The predicted octanol–water partition coefficient (Wildman–Crippen LogP) is 2.96. The van der Waals surface area contributed by atoms with Gasteiger partial charge in [0.15, 0.2) is 11.9 Å². The number of allylic oxidation sites excluding steroid dienone is 1. The summed E-state index contributed by atoms with van der Waals surface area (Å²) in [5, 5.41) is 0. The summed E-state index contributed by atoms with van der Waals surface area (Å²) in [5.74, 6) is 0.586. The van der Waals surface area contributed by atoms with Crippen molar-refractivity contribution >= 4 is 12.0 Å². The van der Waals surface area contributed by atoms with E-state index in [0.29, 0.717) is 17.1 Å². The molecule has 26 heavy (non-hydrogen) atoms. The minimum Gasteiger partial charge on any atom is -0.497 e. The van der Waals surface area contributed by atoms with Gasteiger partial charge in [-0.3, -0.25) is 4.79 Å². The second-order valence-corrected chi connectivity index (χ2v) is 5.49. The number of benzene rings is 1. The first-order valence-electron chi connectivity index (χ1n) is 7.85. The highest BCUT2D eigenvalue weighted by Gasteiger charge is 2.38. The molecule has 3 rings (SSSR count). The molecule has 0 amide bonds. The molecule has 1 aliphatic heterocycles. The molecule has 2 heterocycles. The molecule has 0 saturated carbocycles. The van der Waals surface area contributed by atoms with E-state index in [2.05, 4.69) is 0 Å². The zero-order valence-corrected chi connectivity index (χ0v) is 14.8. The second-order valence-electron chi connectivity index (χ2n) is 5.49. The Hall–Kier alpha value is -3.22. The zero-order chi connectivity index (χ0) is 18.8. The van der Waals surface area contributed by atoms with Gasteiger partial charge in [-0.2, -0.15) is 0 Å². The Morgan fingerprint density at radius 2 is 1.85 bits per heavy atom. The van der Waals surface area contributed by atoms with Crippen molar-refractivity contribution in [3.8, 4) is 17.2 Å². The van der Waals surface area contributed by atoms with Gasteiger partial charge < -0.3 is 23.4 Å². The standard InChI is InChI=1S/C19H18O7/c1-5-6-13-18(24-4)16(20)12(9-25-13)17-15-11(19(21)26-17)7-10(22-2)8-14(15)23-3/h5-9,17H,1-4H3. The molecule has 1 aromatic carbocycles. The molecule has 0 bridgehead atoms. The van der Waals surface area contributed by atoms with Gasteiger partial charge >= 0.3 is 5.97 Å². The molecule has 1 aliphatic rings. The highest BCUT2D eigenvalue weighted by atomic mass is 16.6. The Kier molecular flexibility index (Phi) is 4.71. The average molecular weight is 358 g/mol. The Bertz CT molecular complexity index is 940. The van der Waals surface area contributed by atoms with Crippen LogP contribution in [-0.2, 0) is 4.74 Å². The lowest BCUT2D eigenvalue weighted by Gasteiger charge is -2.15. The topological polar surface area (TPSA) is 84.2 Å². The van der Waals surface area contributed by atoms with Crippen LogP contribution in [0.25, 0.3) is 6.08 Å². The number of carbonyl (C=O) groups is 1. The first-order chi connectivity index (χ1) is 12.5. The summed E-state index contributed by atoms with van der Waals surface area (Å²) in [6.07, 6.45) is 3.66. The summed E-state index contributed by atoms with van der Waals surface area (Å²) < 4.78 is 26.7. The van der Waals surface area contributed by atoms with Gasteiger partial charge in [0, 0.05) is 6.07 Å². The smallest absolute Gasteiger partial charge is 0.339 e. The average Bonchev–Trinajstić information content (AvgIpc) is 2.98. The third kappa shape index (κ3) is 2.71. The fraction of sp³-hybridized carbons (Fsp3) is 0.263. The van der Waals surface area contributed by atoms with Crippen LogP contribution < -0.4 is 19.6 Å². The van der Waals surface area contributed by atoms with E-state index in [1.54, 1.807) is 31.2 Å². The minimum absolute atomic E-state index is 0.0394. The molecule has 7 nitrogen and oxygen atoms in total. The highest BCUT2D eigenvalue weighted by molar-refractivity contribution is 5.96. The van der Waals surface area contributed by atoms with E-state index in [1.807, 2.05) is 0 Å². The number of methoxy groups -OCH3 is 3. The zero-order valence-electron chi connectivity index (χ0n) is 14.8. The molecule has 0 N–H and O–H groups in total. The van der Waals surface area contributed by atoms with Crippen LogP contribution in [0, 0.1) is 0 Å². The molecule has 1 unspecified atom stereocenters. The number of rotatable bonds is 5. The van der Waals surface area contributed by atoms with Gasteiger partial charge in [-0.15, -0.1) is 0 Å². The molecular formula is C19H18O7. The lowest BCUT2D eigenvalue weighted by molar-refractivity contribution is 0.0449. The maximum atomic E-state index is 12.8. The Morgan fingerprint density at radius 3 is 2.46 bits per heavy atom. The summed E-state index contributed by atoms with van der Waals surface area (Å²) in [4.78, 5) is 25.2. The molecule has 1 aromatic heterocycles. The third-order valence-electron chi connectivity index (χ3n) is 4.09. The number of hydrogen-bond donors (Lipinski definition) is 0. The molecule has 0 fully saturated rings. The number of fused-ring (bicyclic) bond motifs is 1. The van der Waals surface area contributed by atoms with E-state index in [0.717, 1.165) is 0 Å². The van der Waals surface area contributed by atoms with Crippen molar-refractivity contribution in [2.24, 2.45) is 0 Å². The molecule has 2 aromatic rings. The third-order valence-corrected chi connectivity index (χ3v) is 4.09. The van der Waals surface area contributed by atoms with E-state index in [4.69, 9.17) is 23.4 Å². The van der Waals surface area contributed by atoms with Crippen molar-refractivity contribution in [3.63, 3.8) is 0 Å². The van der Waals surface area contributed by atoms with Crippen LogP contribution in [0.15, 0.2) is 33.7 Å². The predicted molar refractivity (Wildman–Crippen MR) is 93.0 cm³/mol. The summed E-state index contributed by atoms with van der Waals surface area (Å²) in [7, 11) is 4.33. The van der Waals surface area contributed by atoms with Gasteiger partial charge in [-0.1, -0.05) is 6.08 Å². The molecular weight excluding hydrogens is 340 g/mol. The van der Waals surface area contributed by atoms with Crippen molar-refractivity contribution in [1.29, 1.82) is 0 Å². The monoisotopic (exact) mass is 358 g/mol.